The monoisotopic (exact) mass is 1060 g/mol. The minimum Gasteiger partial charge on any atom is -0.462 e. The minimum atomic E-state index is -4.75. The van der Waals surface area contributed by atoms with Crippen LogP contribution >= 0.6 is 7.82 Å². The third-order valence-electron chi connectivity index (χ3n) is 13.2. The van der Waals surface area contributed by atoms with Crippen LogP contribution in [0, 0.1) is 0 Å². The van der Waals surface area contributed by atoms with Crippen LogP contribution in [0.15, 0.2) is 48.6 Å². The topological polar surface area (TPSA) is 155 Å². The first kappa shape index (κ1) is 71.4. The first-order chi connectivity index (χ1) is 36.2. The van der Waals surface area contributed by atoms with Gasteiger partial charge in [-0.1, -0.05) is 243 Å². The second kappa shape index (κ2) is 56.6. The Balaban J connectivity index is 4.71. The molecule has 12 heteroatoms. The van der Waals surface area contributed by atoms with Gasteiger partial charge >= 0.3 is 25.7 Å². The van der Waals surface area contributed by atoms with Crippen molar-refractivity contribution in [2.45, 2.75) is 303 Å². The molecule has 0 rings (SSSR count). The summed E-state index contributed by atoms with van der Waals surface area (Å²) in [6, 6.07) is 0. The Morgan fingerprint density at radius 3 is 1.11 bits per heavy atom. The van der Waals surface area contributed by atoms with Gasteiger partial charge in [0.15, 0.2) is 6.10 Å². The van der Waals surface area contributed by atoms with Gasteiger partial charge in [-0.15, -0.1) is 0 Å². The number of hydrogen-bond acceptors (Lipinski definition) is 10. The van der Waals surface area contributed by atoms with E-state index < -0.39 is 57.8 Å². The Morgan fingerprint density at radius 1 is 0.392 bits per heavy atom. The maximum absolute atomic E-state index is 12.9. The van der Waals surface area contributed by atoms with Gasteiger partial charge in [-0.25, -0.2) is 4.57 Å². The summed E-state index contributed by atoms with van der Waals surface area (Å²) in [5.41, 5.74) is 0. The highest BCUT2D eigenvalue weighted by atomic mass is 31.2. The normalized spacial score (nSPS) is 13.6. The highest BCUT2D eigenvalue weighted by Crippen LogP contribution is 2.43. The molecule has 0 spiro atoms. The zero-order chi connectivity index (χ0) is 54.1. The summed E-state index contributed by atoms with van der Waals surface area (Å²) in [7, 11) is -4.75. The molecular formula is C62H113O11P. The molecule has 0 amide bonds. The van der Waals surface area contributed by atoms with E-state index in [1.165, 1.54) is 148 Å². The van der Waals surface area contributed by atoms with Crippen molar-refractivity contribution in [1.82, 2.24) is 0 Å². The van der Waals surface area contributed by atoms with Crippen molar-refractivity contribution in [2.24, 2.45) is 0 Å². The van der Waals surface area contributed by atoms with E-state index in [-0.39, 0.29) is 25.9 Å². The lowest BCUT2D eigenvalue weighted by molar-refractivity contribution is -0.161. The largest absolute Gasteiger partial charge is 0.472 e. The van der Waals surface area contributed by atoms with E-state index in [4.69, 9.17) is 23.3 Å². The Bertz CT molecular complexity index is 1430. The Hall–Kier alpha value is -2.56. The number of carbonyl (C=O) groups is 3. The summed E-state index contributed by atoms with van der Waals surface area (Å²) in [4.78, 5) is 48.6. The van der Waals surface area contributed by atoms with E-state index in [1.807, 2.05) is 0 Å². The molecule has 0 heterocycles. The van der Waals surface area contributed by atoms with Gasteiger partial charge in [-0.2, -0.15) is 0 Å². The predicted octanol–water partition coefficient (Wildman–Crippen LogP) is 18.1. The molecule has 74 heavy (non-hydrogen) atoms. The fourth-order valence-electron chi connectivity index (χ4n) is 8.60. The third-order valence-corrected chi connectivity index (χ3v) is 14.2. The highest BCUT2D eigenvalue weighted by molar-refractivity contribution is 7.47. The van der Waals surface area contributed by atoms with Crippen molar-refractivity contribution in [1.29, 1.82) is 0 Å². The average molecular weight is 1070 g/mol. The lowest BCUT2D eigenvalue weighted by Crippen LogP contribution is -2.30. The van der Waals surface area contributed by atoms with Gasteiger partial charge in [0.05, 0.1) is 19.8 Å². The number of aliphatic hydroxyl groups excluding tert-OH is 1. The summed E-state index contributed by atoms with van der Waals surface area (Å²) >= 11 is 0. The second-order valence-electron chi connectivity index (χ2n) is 20.5. The summed E-state index contributed by atoms with van der Waals surface area (Å²) in [6.45, 7) is 4.53. The summed E-state index contributed by atoms with van der Waals surface area (Å²) in [6.07, 6.45) is 60.7. The van der Waals surface area contributed by atoms with Crippen molar-refractivity contribution >= 4 is 25.7 Å². The molecule has 0 radical (unpaired) electrons. The molecule has 0 saturated heterocycles. The van der Waals surface area contributed by atoms with E-state index in [9.17, 15) is 28.9 Å². The molecule has 0 bridgehead atoms. The maximum Gasteiger partial charge on any atom is 0.472 e. The van der Waals surface area contributed by atoms with Crippen molar-refractivity contribution in [3.05, 3.63) is 48.6 Å². The standard InChI is InChI=1S/C62H113O11P/c1-4-7-10-13-16-19-22-25-27-29-31-34-36-39-42-45-48-51-60(64)69-55-59(73-62(66)53-50-47-44-41-38-35-32-30-28-26-23-20-17-14-11-8-5-2)57-71-74(67,68)70-56-58(54-63)72-61(65)52-49-46-43-40-37-33-24-21-18-15-12-9-6-3/h9,12,18,21,26,28,33,37,58-59,63H,4-8,10-11,13-17,19-20,22-25,27,29-32,34-36,38-57H2,1-3H3,(H,67,68)/b12-9-,21-18-,28-26-,37-33-. The Kier molecular flexibility index (Phi) is 54.7. The quantitative estimate of drug-likeness (QED) is 0.0197. The SMILES string of the molecule is CC/C=C\C/C=C\C/C=C\CCCCCC(=O)OC(CO)COP(=O)(O)OCC(COC(=O)CCCCCCCCCCCCCCCCCCC)OC(=O)CCCCCCCCC/C=C\CCCCCCCC. The van der Waals surface area contributed by atoms with Crippen LogP contribution in [0.3, 0.4) is 0 Å². The van der Waals surface area contributed by atoms with Gasteiger partial charge in [-0.3, -0.25) is 23.4 Å². The molecule has 0 aromatic heterocycles. The molecule has 3 unspecified atom stereocenters. The van der Waals surface area contributed by atoms with Gasteiger partial charge < -0.3 is 24.2 Å². The summed E-state index contributed by atoms with van der Waals surface area (Å²) < 4.78 is 39.6. The van der Waals surface area contributed by atoms with Gasteiger partial charge in [0.25, 0.3) is 0 Å². The molecule has 2 N–H and O–H groups in total. The smallest absolute Gasteiger partial charge is 0.462 e. The number of phosphoric ester groups is 1. The minimum absolute atomic E-state index is 0.143. The highest BCUT2D eigenvalue weighted by Gasteiger charge is 2.28. The van der Waals surface area contributed by atoms with Crippen LogP contribution in [0.5, 0.6) is 0 Å². The molecule has 432 valence electrons. The Labute approximate surface area is 453 Å². The van der Waals surface area contributed by atoms with Crippen LogP contribution in [0.2, 0.25) is 0 Å². The number of esters is 3. The summed E-state index contributed by atoms with van der Waals surface area (Å²) in [5.74, 6) is -1.48. The second-order valence-corrected chi connectivity index (χ2v) is 21.9. The maximum atomic E-state index is 12.9. The number of carbonyl (C=O) groups excluding carboxylic acids is 3. The fourth-order valence-corrected chi connectivity index (χ4v) is 9.39. The molecule has 0 fully saturated rings. The number of hydrogen-bond donors (Lipinski definition) is 2. The van der Waals surface area contributed by atoms with E-state index >= 15 is 0 Å². The molecule has 0 aromatic rings. The average Bonchev–Trinajstić information content (AvgIpc) is 3.39. The van der Waals surface area contributed by atoms with Gasteiger partial charge in [-0.05, 0) is 77.0 Å². The number of ether oxygens (including phenoxy) is 3. The Morgan fingerprint density at radius 2 is 0.703 bits per heavy atom. The van der Waals surface area contributed by atoms with Crippen LogP contribution in [0.25, 0.3) is 0 Å². The number of unbranched alkanes of at least 4 members (excludes halogenated alkanes) is 32. The fraction of sp³-hybridized carbons (Fsp3) is 0.823. The van der Waals surface area contributed by atoms with Crippen LogP contribution < -0.4 is 0 Å². The summed E-state index contributed by atoms with van der Waals surface area (Å²) in [5, 5.41) is 9.81. The van der Waals surface area contributed by atoms with Gasteiger partial charge in [0.2, 0.25) is 0 Å². The van der Waals surface area contributed by atoms with Crippen molar-refractivity contribution in [2.75, 3.05) is 26.4 Å². The lowest BCUT2D eigenvalue weighted by Gasteiger charge is -2.21. The zero-order valence-electron chi connectivity index (χ0n) is 47.8. The van der Waals surface area contributed by atoms with Crippen molar-refractivity contribution in [3.63, 3.8) is 0 Å². The molecular weight excluding hydrogens is 952 g/mol. The molecule has 3 atom stereocenters. The molecule has 0 aliphatic heterocycles. The van der Waals surface area contributed by atoms with Crippen molar-refractivity contribution in [3.8, 4) is 0 Å². The van der Waals surface area contributed by atoms with Crippen molar-refractivity contribution < 1.29 is 52.2 Å². The van der Waals surface area contributed by atoms with Crippen LogP contribution in [-0.4, -0.2) is 66.5 Å². The van der Waals surface area contributed by atoms with E-state index in [0.29, 0.717) is 19.3 Å². The first-order valence-electron chi connectivity index (χ1n) is 30.5. The molecule has 0 aliphatic carbocycles. The molecule has 0 aromatic carbocycles. The molecule has 11 nitrogen and oxygen atoms in total. The predicted molar refractivity (Wildman–Crippen MR) is 307 cm³/mol. The third kappa shape index (κ3) is 54.2. The van der Waals surface area contributed by atoms with Crippen LogP contribution in [0.1, 0.15) is 290 Å². The molecule has 0 aliphatic rings. The van der Waals surface area contributed by atoms with E-state index in [1.54, 1.807) is 0 Å². The van der Waals surface area contributed by atoms with Gasteiger partial charge in [0.1, 0.15) is 12.7 Å². The van der Waals surface area contributed by atoms with Crippen LogP contribution in [0.4, 0.5) is 0 Å². The number of rotatable bonds is 57. The van der Waals surface area contributed by atoms with E-state index in [0.717, 1.165) is 83.5 Å². The molecule has 0 saturated carbocycles. The number of aliphatic hydroxyl groups is 1. The van der Waals surface area contributed by atoms with Crippen LogP contribution in [-0.2, 0) is 42.2 Å². The number of phosphoric acid groups is 1. The first-order valence-corrected chi connectivity index (χ1v) is 32.0. The lowest BCUT2D eigenvalue weighted by atomic mass is 10.0. The van der Waals surface area contributed by atoms with E-state index in [2.05, 4.69) is 69.4 Å². The number of allylic oxidation sites excluding steroid dienone is 8. The van der Waals surface area contributed by atoms with Gasteiger partial charge in [0, 0.05) is 19.3 Å². The zero-order valence-corrected chi connectivity index (χ0v) is 48.7.